The van der Waals surface area contributed by atoms with Gasteiger partial charge in [-0.05, 0) is 18.8 Å². The molecule has 84 valence electrons. The normalized spacial score (nSPS) is 16.5. The molecule has 2 rings (SSSR count). The lowest BCUT2D eigenvalue weighted by molar-refractivity contribution is -0.139. The number of carboxylic acid groups (broad SMARTS) is 1. The van der Waals surface area contributed by atoms with E-state index in [2.05, 4.69) is 15.3 Å². The van der Waals surface area contributed by atoms with Gasteiger partial charge >= 0.3 is 5.97 Å². The summed E-state index contributed by atoms with van der Waals surface area (Å²) in [5.74, 6) is -1.44. The minimum Gasteiger partial charge on any atom is -0.480 e. The van der Waals surface area contributed by atoms with Gasteiger partial charge in [0.05, 0.1) is 6.20 Å². The molecular weight excluding hydrogens is 210 g/mol. The van der Waals surface area contributed by atoms with Gasteiger partial charge < -0.3 is 10.4 Å². The first kappa shape index (κ1) is 10.5. The van der Waals surface area contributed by atoms with E-state index in [4.69, 9.17) is 5.11 Å². The van der Waals surface area contributed by atoms with Crippen molar-refractivity contribution in [3.63, 3.8) is 0 Å². The van der Waals surface area contributed by atoms with Gasteiger partial charge in [0.15, 0.2) is 0 Å². The second kappa shape index (κ2) is 4.26. The van der Waals surface area contributed by atoms with Crippen LogP contribution in [0.25, 0.3) is 0 Å². The number of aromatic nitrogens is 2. The van der Waals surface area contributed by atoms with Crippen LogP contribution < -0.4 is 5.32 Å². The van der Waals surface area contributed by atoms with Crippen LogP contribution in [-0.2, 0) is 4.79 Å². The number of aliphatic carboxylic acids is 1. The summed E-state index contributed by atoms with van der Waals surface area (Å²) >= 11 is 0. The van der Waals surface area contributed by atoms with Gasteiger partial charge in [-0.25, -0.2) is 9.78 Å². The van der Waals surface area contributed by atoms with Crippen molar-refractivity contribution in [2.75, 3.05) is 0 Å². The molecule has 2 N–H and O–H groups in total. The molecule has 0 spiro atoms. The van der Waals surface area contributed by atoms with Crippen molar-refractivity contribution in [3.8, 4) is 0 Å². The van der Waals surface area contributed by atoms with Crippen LogP contribution >= 0.6 is 0 Å². The summed E-state index contributed by atoms with van der Waals surface area (Å²) in [6.07, 6.45) is 5.84. The first-order valence-corrected chi connectivity index (χ1v) is 4.98. The van der Waals surface area contributed by atoms with Crippen LogP contribution in [0.1, 0.15) is 23.3 Å². The van der Waals surface area contributed by atoms with E-state index < -0.39 is 17.9 Å². The highest BCUT2D eigenvalue weighted by Gasteiger charge is 2.37. The van der Waals surface area contributed by atoms with Gasteiger partial charge in [-0.2, -0.15) is 0 Å². The Morgan fingerprint density at radius 3 is 2.69 bits per heavy atom. The molecule has 0 radical (unpaired) electrons. The van der Waals surface area contributed by atoms with E-state index in [1.54, 1.807) is 0 Å². The third kappa shape index (κ3) is 2.33. The first-order chi connectivity index (χ1) is 7.68. The third-order valence-electron chi connectivity index (χ3n) is 2.44. The zero-order valence-corrected chi connectivity index (χ0v) is 8.46. The molecule has 1 atom stereocenters. The molecule has 1 aromatic heterocycles. The fraction of sp³-hybridized carbons (Fsp3) is 0.400. The van der Waals surface area contributed by atoms with E-state index in [1.165, 1.54) is 18.6 Å². The summed E-state index contributed by atoms with van der Waals surface area (Å²) in [6, 6.07) is -0.811. The maximum atomic E-state index is 11.6. The van der Waals surface area contributed by atoms with Gasteiger partial charge in [0.2, 0.25) is 0 Å². The van der Waals surface area contributed by atoms with E-state index in [9.17, 15) is 9.59 Å². The van der Waals surface area contributed by atoms with Gasteiger partial charge in [0, 0.05) is 12.4 Å². The highest BCUT2D eigenvalue weighted by atomic mass is 16.4. The predicted molar refractivity (Wildman–Crippen MR) is 53.6 cm³/mol. The third-order valence-corrected chi connectivity index (χ3v) is 2.44. The zero-order valence-electron chi connectivity index (χ0n) is 8.46. The van der Waals surface area contributed by atoms with Gasteiger partial charge in [0.1, 0.15) is 11.7 Å². The molecule has 1 amide bonds. The molecule has 0 saturated heterocycles. The number of amides is 1. The van der Waals surface area contributed by atoms with Crippen molar-refractivity contribution in [1.29, 1.82) is 0 Å². The number of rotatable bonds is 4. The molecule has 0 aliphatic heterocycles. The summed E-state index contributed by atoms with van der Waals surface area (Å²) in [4.78, 5) is 30.1. The van der Waals surface area contributed by atoms with Crippen LogP contribution in [0.2, 0.25) is 0 Å². The first-order valence-electron chi connectivity index (χ1n) is 4.98. The average Bonchev–Trinajstić information content (AvgIpc) is 3.10. The van der Waals surface area contributed by atoms with Crippen molar-refractivity contribution in [2.45, 2.75) is 18.9 Å². The maximum absolute atomic E-state index is 11.6. The Morgan fingerprint density at radius 1 is 1.44 bits per heavy atom. The molecule has 1 aliphatic rings. The van der Waals surface area contributed by atoms with Gasteiger partial charge in [-0.15, -0.1) is 0 Å². The van der Waals surface area contributed by atoms with Crippen LogP contribution in [-0.4, -0.2) is 33.0 Å². The molecule has 0 bridgehead atoms. The van der Waals surface area contributed by atoms with Crippen LogP contribution in [0, 0.1) is 5.92 Å². The number of nitrogens with zero attached hydrogens (tertiary/aromatic N) is 2. The minimum absolute atomic E-state index is 0.0538. The Morgan fingerprint density at radius 2 is 2.19 bits per heavy atom. The van der Waals surface area contributed by atoms with Crippen LogP contribution in [0.4, 0.5) is 0 Å². The lowest BCUT2D eigenvalue weighted by Crippen LogP contribution is -2.42. The standard InChI is InChI=1S/C10H11N3O3/c14-9(7-5-11-3-4-12-7)13-8(10(15)16)6-1-2-6/h3-6,8H,1-2H2,(H,13,14)(H,15,16). The summed E-state index contributed by atoms with van der Waals surface area (Å²) in [6.45, 7) is 0. The molecule has 1 heterocycles. The highest BCUT2D eigenvalue weighted by molar-refractivity contribution is 5.94. The number of carbonyl (C=O) groups excluding carboxylic acids is 1. The second-order valence-electron chi connectivity index (χ2n) is 3.72. The monoisotopic (exact) mass is 221 g/mol. The number of nitrogens with one attached hydrogen (secondary N) is 1. The van der Waals surface area contributed by atoms with Crippen LogP contribution in [0.3, 0.4) is 0 Å². The van der Waals surface area contributed by atoms with Crippen molar-refractivity contribution >= 4 is 11.9 Å². The van der Waals surface area contributed by atoms with E-state index in [0.29, 0.717) is 0 Å². The summed E-state index contributed by atoms with van der Waals surface area (Å²) in [7, 11) is 0. The number of carbonyl (C=O) groups is 2. The quantitative estimate of drug-likeness (QED) is 0.750. The highest BCUT2D eigenvalue weighted by Crippen LogP contribution is 2.32. The van der Waals surface area contributed by atoms with Crippen molar-refractivity contribution in [2.24, 2.45) is 5.92 Å². The Hall–Kier alpha value is -1.98. The largest absolute Gasteiger partial charge is 0.480 e. The maximum Gasteiger partial charge on any atom is 0.326 e. The molecule has 1 unspecified atom stereocenters. The van der Waals surface area contributed by atoms with E-state index in [1.807, 2.05) is 0 Å². The topological polar surface area (TPSA) is 92.2 Å². The van der Waals surface area contributed by atoms with E-state index >= 15 is 0 Å². The lowest BCUT2D eigenvalue weighted by Gasteiger charge is -2.12. The van der Waals surface area contributed by atoms with Crippen LogP contribution in [0.15, 0.2) is 18.6 Å². The fourth-order valence-corrected chi connectivity index (χ4v) is 1.44. The average molecular weight is 221 g/mol. The molecular formula is C10H11N3O3. The van der Waals surface area contributed by atoms with E-state index in [-0.39, 0.29) is 11.6 Å². The Balaban J connectivity index is 2.03. The summed E-state index contributed by atoms with van der Waals surface area (Å²) in [5.41, 5.74) is 0.134. The Bertz CT molecular complexity index is 403. The molecule has 1 aromatic rings. The summed E-state index contributed by atoms with van der Waals surface area (Å²) in [5, 5.41) is 11.4. The van der Waals surface area contributed by atoms with Crippen molar-refractivity contribution in [1.82, 2.24) is 15.3 Å². The van der Waals surface area contributed by atoms with Crippen LogP contribution in [0.5, 0.6) is 0 Å². The Labute approximate surface area is 91.7 Å². The number of carboxylic acids is 1. The molecule has 1 aliphatic carbocycles. The molecule has 1 fully saturated rings. The SMILES string of the molecule is O=C(NC(C(=O)O)C1CC1)c1cnccn1. The van der Waals surface area contributed by atoms with Crippen molar-refractivity contribution in [3.05, 3.63) is 24.3 Å². The van der Waals surface area contributed by atoms with E-state index in [0.717, 1.165) is 12.8 Å². The predicted octanol–water partition coefficient (Wildman–Crippen LogP) is 0.0696. The van der Waals surface area contributed by atoms with Gasteiger partial charge in [0.25, 0.3) is 5.91 Å². The summed E-state index contributed by atoms with van der Waals surface area (Å²) < 4.78 is 0. The lowest BCUT2D eigenvalue weighted by atomic mass is 10.2. The Kier molecular flexibility index (Phi) is 2.80. The number of hydrogen-bond acceptors (Lipinski definition) is 4. The van der Waals surface area contributed by atoms with Gasteiger partial charge in [-0.1, -0.05) is 0 Å². The van der Waals surface area contributed by atoms with Gasteiger partial charge in [-0.3, -0.25) is 9.78 Å². The molecule has 16 heavy (non-hydrogen) atoms. The molecule has 6 heteroatoms. The second-order valence-corrected chi connectivity index (χ2v) is 3.72. The zero-order chi connectivity index (χ0) is 11.5. The fourth-order valence-electron chi connectivity index (χ4n) is 1.44. The molecule has 0 aromatic carbocycles. The molecule has 6 nitrogen and oxygen atoms in total. The van der Waals surface area contributed by atoms with Crippen molar-refractivity contribution < 1.29 is 14.7 Å². The number of hydrogen-bond donors (Lipinski definition) is 2. The smallest absolute Gasteiger partial charge is 0.326 e. The minimum atomic E-state index is -1.00. The molecule has 1 saturated carbocycles.